The number of hydrogen-bond donors (Lipinski definition) is 3. The Hall–Kier alpha value is -2.76. The van der Waals surface area contributed by atoms with Crippen LogP contribution in [0.1, 0.15) is 16.1 Å². The molecule has 0 aliphatic rings. The molecule has 19 heavy (non-hydrogen) atoms. The summed E-state index contributed by atoms with van der Waals surface area (Å²) in [5.41, 5.74) is 0.528. The van der Waals surface area contributed by atoms with Crippen LogP contribution in [0.2, 0.25) is 0 Å². The zero-order valence-corrected chi connectivity index (χ0v) is 9.92. The first kappa shape index (κ1) is 12.7. The lowest BCUT2D eigenvalue weighted by Crippen LogP contribution is -2.28. The Morgan fingerprint density at radius 3 is 2.74 bits per heavy atom. The summed E-state index contributed by atoms with van der Waals surface area (Å²) in [6.45, 7) is 0.261. The molecule has 0 bridgehead atoms. The van der Waals surface area contributed by atoms with Gasteiger partial charge in [-0.15, -0.1) is 0 Å². The fraction of sp³-hybridized carbons (Fsp3) is 0.0769. The van der Waals surface area contributed by atoms with Gasteiger partial charge >= 0.3 is 12.0 Å². The molecule has 0 radical (unpaired) electrons. The molecule has 0 aliphatic carbocycles. The second-order valence-corrected chi connectivity index (χ2v) is 3.77. The minimum Gasteiger partial charge on any atom is -0.478 e. The average molecular weight is 260 g/mol. The van der Waals surface area contributed by atoms with Crippen molar-refractivity contribution in [2.75, 3.05) is 5.32 Å². The third-order valence-corrected chi connectivity index (χ3v) is 2.37. The monoisotopic (exact) mass is 260 g/mol. The van der Waals surface area contributed by atoms with Gasteiger partial charge < -0.3 is 20.2 Å². The number of amides is 2. The third-order valence-electron chi connectivity index (χ3n) is 2.37. The maximum atomic E-state index is 11.6. The van der Waals surface area contributed by atoms with Crippen molar-refractivity contribution in [1.29, 1.82) is 0 Å². The van der Waals surface area contributed by atoms with Gasteiger partial charge in [0.25, 0.3) is 0 Å². The molecule has 0 fully saturated rings. The van der Waals surface area contributed by atoms with Gasteiger partial charge in [-0.2, -0.15) is 0 Å². The SMILES string of the molecule is O=C(NCc1ccco1)Nc1cccc(C(=O)O)c1. The van der Waals surface area contributed by atoms with Crippen LogP contribution in [0.25, 0.3) is 0 Å². The number of rotatable bonds is 4. The zero-order valence-electron chi connectivity index (χ0n) is 9.92. The summed E-state index contributed by atoms with van der Waals surface area (Å²) in [6.07, 6.45) is 1.52. The summed E-state index contributed by atoms with van der Waals surface area (Å²) in [5, 5.41) is 14.0. The third kappa shape index (κ3) is 3.60. The lowest BCUT2D eigenvalue weighted by Gasteiger charge is -2.07. The molecule has 0 saturated heterocycles. The highest BCUT2D eigenvalue weighted by atomic mass is 16.4. The number of hydrogen-bond acceptors (Lipinski definition) is 3. The summed E-state index contributed by atoms with van der Waals surface area (Å²) in [5.74, 6) is -0.408. The summed E-state index contributed by atoms with van der Waals surface area (Å²) >= 11 is 0. The van der Waals surface area contributed by atoms with Gasteiger partial charge in [0, 0.05) is 5.69 Å². The van der Waals surface area contributed by atoms with Gasteiger partial charge in [-0.3, -0.25) is 0 Å². The number of nitrogens with one attached hydrogen (secondary N) is 2. The Bertz CT molecular complexity index is 578. The molecule has 2 amide bonds. The van der Waals surface area contributed by atoms with Crippen molar-refractivity contribution in [3.63, 3.8) is 0 Å². The van der Waals surface area contributed by atoms with Gasteiger partial charge in [0.15, 0.2) is 0 Å². The number of urea groups is 1. The van der Waals surface area contributed by atoms with Gasteiger partial charge in [0.2, 0.25) is 0 Å². The molecule has 2 rings (SSSR count). The van der Waals surface area contributed by atoms with Gasteiger partial charge in [-0.25, -0.2) is 9.59 Å². The number of anilines is 1. The van der Waals surface area contributed by atoms with Crippen molar-refractivity contribution in [3.05, 3.63) is 54.0 Å². The fourth-order valence-electron chi connectivity index (χ4n) is 1.49. The normalized spacial score (nSPS) is 9.89. The lowest BCUT2D eigenvalue weighted by atomic mass is 10.2. The van der Waals surface area contributed by atoms with Gasteiger partial charge in [-0.05, 0) is 30.3 Å². The summed E-state index contributed by atoms with van der Waals surface area (Å²) in [7, 11) is 0. The maximum Gasteiger partial charge on any atom is 0.335 e. The molecule has 0 spiro atoms. The first-order valence-electron chi connectivity index (χ1n) is 5.56. The van der Waals surface area contributed by atoms with Crippen LogP contribution >= 0.6 is 0 Å². The zero-order chi connectivity index (χ0) is 13.7. The first-order valence-corrected chi connectivity index (χ1v) is 5.56. The molecule has 1 heterocycles. The quantitative estimate of drug-likeness (QED) is 0.786. The molecule has 2 aromatic rings. The van der Waals surface area contributed by atoms with Crippen molar-refractivity contribution in [1.82, 2.24) is 5.32 Å². The van der Waals surface area contributed by atoms with Crippen molar-refractivity contribution < 1.29 is 19.1 Å². The van der Waals surface area contributed by atoms with Crippen LogP contribution in [0.4, 0.5) is 10.5 Å². The van der Waals surface area contributed by atoms with Crippen LogP contribution in [0.15, 0.2) is 47.1 Å². The molecule has 0 saturated carbocycles. The molecule has 0 aliphatic heterocycles. The van der Waals surface area contributed by atoms with Crippen molar-refractivity contribution in [2.24, 2.45) is 0 Å². The fourth-order valence-corrected chi connectivity index (χ4v) is 1.49. The van der Waals surface area contributed by atoms with E-state index in [0.717, 1.165) is 0 Å². The minimum absolute atomic E-state index is 0.115. The molecule has 6 heteroatoms. The molecule has 0 unspecified atom stereocenters. The van der Waals surface area contributed by atoms with E-state index in [0.29, 0.717) is 11.4 Å². The van der Waals surface area contributed by atoms with E-state index >= 15 is 0 Å². The maximum absolute atomic E-state index is 11.6. The molecule has 1 aromatic carbocycles. The second-order valence-electron chi connectivity index (χ2n) is 3.77. The highest BCUT2D eigenvalue weighted by Gasteiger charge is 2.06. The molecule has 3 N–H and O–H groups in total. The Balaban J connectivity index is 1.91. The van der Waals surface area contributed by atoms with Crippen LogP contribution in [0, 0.1) is 0 Å². The highest BCUT2D eigenvalue weighted by Crippen LogP contribution is 2.10. The van der Waals surface area contributed by atoms with E-state index in [9.17, 15) is 9.59 Å². The average Bonchev–Trinajstić information content (AvgIpc) is 2.90. The van der Waals surface area contributed by atoms with Crippen LogP contribution in [0.5, 0.6) is 0 Å². The van der Waals surface area contributed by atoms with Gasteiger partial charge in [-0.1, -0.05) is 6.07 Å². The van der Waals surface area contributed by atoms with E-state index in [2.05, 4.69) is 10.6 Å². The van der Waals surface area contributed by atoms with E-state index in [1.165, 1.54) is 18.4 Å². The van der Waals surface area contributed by atoms with Gasteiger partial charge in [0.1, 0.15) is 5.76 Å². The van der Waals surface area contributed by atoms with E-state index in [1.54, 1.807) is 24.3 Å². The number of carbonyl (C=O) groups is 2. The van der Waals surface area contributed by atoms with Crippen molar-refractivity contribution in [3.8, 4) is 0 Å². The van der Waals surface area contributed by atoms with Crippen LogP contribution in [0.3, 0.4) is 0 Å². The molecule has 0 atom stereocenters. The summed E-state index contributed by atoms with van der Waals surface area (Å²) in [4.78, 5) is 22.4. The molecule has 1 aromatic heterocycles. The van der Waals surface area contributed by atoms with Crippen LogP contribution < -0.4 is 10.6 Å². The molecular weight excluding hydrogens is 248 g/mol. The molecular formula is C13H12N2O4. The Morgan fingerprint density at radius 2 is 2.05 bits per heavy atom. The van der Waals surface area contributed by atoms with Gasteiger partial charge in [0.05, 0.1) is 18.4 Å². The highest BCUT2D eigenvalue weighted by molar-refractivity contribution is 5.93. The Labute approximate surface area is 109 Å². The number of benzene rings is 1. The summed E-state index contributed by atoms with van der Waals surface area (Å²) < 4.78 is 5.06. The largest absolute Gasteiger partial charge is 0.478 e. The Morgan fingerprint density at radius 1 is 1.21 bits per heavy atom. The molecule has 6 nitrogen and oxygen atoms in total. The minimum atomic E-state index is -1.04. The Kier molecular flexibility index (Phi) is 3.82. The van der Waals surface area contributed by atoms with E-state index < -0.39 is 12.0 Å². The van der Waals surface area contributed by atoms with E-state index in [-0.39, 0.29) is 12.1 Å². The first-order chi connectivity index (χ1) is 9.15. The topological polar surface area (TPSA) is 91.6 Å². The van der Waals surface area contributed by atoms with E-state index in [1.807, 2.05) is 0 Å². The number of furan rings is 1. The lowest BCUT2D eigenvalue weighted by molar-refractivity contribution is 0.0697. The smallest absolute Gasteiger partial charge is 0.335 e. The summed E-state index contributed by atoms with van der Waals surface area (Å²) in [6, 6.07) is 9.04. The van der Waals surface area contributed by atoms with Crippen LogP contribution in [-0.2, 0) is 6.54 Å². The van der Waals surface area contributed by atoms with Crippen molar-refractivity contribution >= 4 is 17.7 Å². The number of carboxylic acid groups (broad SMARTS) is 1. The number of carbonyl (C=O) groups excluding carboxylic acids is 1. The van der Waals surface area contributed by atoms with Crippen LogP contribution in [-0.4, -0.2) is 17.1 Å². The predicted octanol–water partition coefficient (Wildman–Crippen LogP) is 2.30. The second kappa shape index (κ2) is 5.72. The molecule has 98 valence electrons. The standard InChI is InChI=1S/C13H12N2O4/c16-12(17)9-3-1-4-10(7-9)15-13(18)14-8-11-5-2-6-19-11/h1-7H,8H2,(H,16,17)(H2,14,15,18). The van der Waals surface area contributed by atoms with E-state index in [4.69, 9.17) is 9.52 Å². The number of carboxylic acids is 1. The predicted molar refractivity (Wildman–Crippen MR) is 68.0 cm³/mol. The van der Waals surface area contributed by atoms with Crippen molar-refractivity contribution in [2.45, 2.75) is 6.54 Å². The number of aromatic carboxylic acids is 1.